The standard InChI is InChI=1S/C20H30N2.BrH/c1-19-11-9-15-21(17-19)13-7-5-3-4-6-8-14-22-16-10-12-20(2)18-22;/h9-12,15-18H,3-8,13-14H2,1-2H3;1H/q+2;/p-1. The first-order valence-corrected chi connectivity index (χ1v) is 8.65. The highest BCUT2D eigenvalue weighted by molar-refractivity contribution is 5.01. The van der Waals surface area contributed by atoms with E-state index in [-0.39, 0.29) is 17.0 Å². The lowest BCUT2D eigenvalue weighted by Crippen LogP contribution is -3.00. The van der Waals surface area contributed by atoms with Gasteiger partial charge in [-0.3, -0.25) is 0 Å². The molecule has 0 aliphatic rings. The molecule has 0 bridgehead atoms. The second-order valence-electron chi connectivity index (χ2n) is 6.36. The van der Waals surface area contributed by atoms with Crippen molar-refractivity contribution in [3.05, 3.63) is 60.2 Å². The average Bonchev–Trinajstić information content (AvgIpc) is 2.50. The molecule has 2 aromatic rings. The third kappa shape index (κ3) is 8.26. The minimum absolute atomic E-state index is 0. The van der Waals surface area contributed by atoms with Crippen molar-refractivity contribution >= 4 is 0 Å². The Hall–Kier alpha value is -1.22. The van der Waals surface area contributed by atoms with Gasteiger partial charge in [0.1, 0.15) is 13.1 Å². The van der Waals surface area contributed by atoms with Gasteiger partial charge in [-0.1, -0.05) is 12.8 Å². The van der Waals surface area contributed by atoms with Crippen LogP contribution in [-0.4, -0.2) is 0 Å². The van der Waals surface area contributed by atoms with E-state index in [1.807, 2.05) is 0 Å². The summed E-state index contributed by atoms with van der Waals surface area (Å²) < 4.78 is 4.62. The second kappa shape index (κ2) is 11.3. The lowest BCUT2D eigenvalue weighted by molar-refractivity contribution is -0.698. The van der Waals surface area contributed by atoms with Crippen LogP contribution in [0.25, 0.3) is 0 Å². The molecule has 0 aliphatic carbocycles. The van der Waals surface area contributed by atoms with Crippen molar-refractivity contribution in [1.82, 2.24) is 0 Å². The zero-order chi connectivity index (χ0) is 15.6. The van der Waals surface area contributed by atoms with Gasteiger partial charge in [-0.2, -0.15) is 0 Å². The summed E-state index contributed by atoms with van der Waals surface area (Å²) in [4.78, 5) is 0. The van der Waals surface area contributed by atoms with E-state index in [9.17, 15) is 0 Å². The molecule has 0 spiro atoms. The van der Waals surface area contributed by atoms with Crippen LogP contribution in [-0.2, 0) is 13.1 Å². The first-order valence-electron chi connectivity index (χ1n) is 8.65. The molecule has 3 heteroatoms. The fourth-order valence-electron chi connectivity index (χ4n) is 2.88. The third-order valence-corrected chi connectivity index (χ3v) is 4.09. The number of unbranched alkanes of at least 4 members (excludes halogenated alkanes) is 5. The Morgan fingerprint density at radius 2 is 1.04 bits per heavy atom. The third-order valence-electron chi connectivity index (χ3n) is 4.09. The molecule has 2 aromatic heterocycles. The van der Waals surface area contributed by atoms with E-state index < -0.39 is 0 Å². The molecule has 0 saturated heterocycles. The van der Waals surface area contributed by atoms with Crippen LogP contribution in [0.5, 0.6) is 0 Å². The van der Waals surface area contributed by atoms with Gasteiger partial charge in [-0.25, -0.2) is 9.13 Å². The fraction of sp³-hybridized carbons (Fsp3) is 0.500. The summed E-state index contributed by atoms with van der Waals surface area (Å²) in [5.41, 5.74) is 2.69. The quantitative estimate of drug-likeness (QED) is 0.453. The number of hydrogen-bond acceptors (Lipinski definition) is 0. The number of aryl methyl sites for hydroxylation is 4. The lowest BCUT2D eigenvalue weighted by atomic mass is 10.1. The summed E-state index contributed by atoms with van der Waals surface area (Å²) in [5, 5.41) is 0. The molecule has 0 unspecified atom stereocenters. The number of aromatic nitrogens is 2. The number of nitrogens with zero attached hydrogens (tertiary/aromatic N) is 2. The average molecular weight is 378 g/mol. The van der Waals surface area contributed by atoms with Crippen LogP contribution in [0.4, 0.5) is 0 Å². The predicted octanol–water partition coefficient (Wildman–Crippen LogP) is 0.923. The molecule has 2 heterocycles. The summed E-state index contributed by atoms with van der Waals surface area (Å²) >= 11 is 0. The van der Waals surface area contributed by atoms with Crippen LogP contribution >= 0.6 is 0 Å². The van der Waals surface area contributed by atoms with Gasteiger partial charge in [0.15, 0.2) is 24.8 Å². The Morgan fingerprint density at radius 1 is 0.652 bits per heavy atom. The van der Waals surface area contributed by atoms with Crippen molar-refractivity contribution < 1.29 is 26.1 Å². The molecule has 0 radical (unpaired) electrons. The van der Waals surface area contributed by atoms with E-state index in [0.29, 0.717) is 0 Å². The maximum atomic E-state index is 2.31. The molecule has 126 valence electrons. The van der Waals surface area contributed by atoms with Crippen molar-refractivity contribution in [3.8, 4) is 0 Å². The summed E-state index contributed by atoms with van der Waals surface area (Å²) in [7, 11) is 0. The van der Waals surface area contributed by atoms with Crippen molar-refractivity contribution in [1.29, 1.82) is 0 Å². The van der Waals surface area contributed by atoms with Gasteiger partial charge in [-0.15, -0.1) is 0 Å². The van der Waals surface area contributed by atoms with Gasteiger partial charge < -0.3 is 17.0 Å². The predicted molar refractivity (Wildman–Crippen MR) is 90.5 cm³/mol. The molecular weight excluding hydrogens is 348 g/mol. The number of hydrogen-bond donors (Lipinski definition) is 0. The Bertz CT molecular complexity index is 518. The molecule has 0 N–H and O–H groups in total. The molecule has 0 atom stereocenters. The topological polar surface area (TPSA) is 7.76 Å². The van der Waals surface area contributed by atoms with Gasteiger partial charge in [0.05, 0.1) is 0 Å². The van der Waals surface area contributed by atoms with E-state index in [1.165, 1.54) is 49.7 Å². The molecule has 0 amide bonds. The number of rotatable bonds is 9. The molecular formula is C20H30BrN2+. The molecule has 2 rings (SSSR count). The lowest BCUT2D eigenvalue weighted by Gasteiger charge is -2.01. The molecule has 0 fully saturated rings. The zero-order valence-electron chi connectivity index (χ0n) is 14.5. The van der Waals surface area contributed by atoms with Crippen LogP contribution in [0.1, 0.15) is 49.7 Å². The molecule has 0 saturated carbocycles. The van der Waals surface area contributed by atoms with Gasteiger partial charge >= 0.3 is 0 Å². The first-order chi connectivity index (χ1) is 10.7. The minimum atomic E-state index is 0. The van der Waals surface area contributed by atoms with Crippen molar-refractivity contribution in [2.24, 2.45) is 0 Å². The monoisotopic (exact) mass is 377 g/mol. The molecule has 2 nitrogen and oxygen atoms in total. The van der Waals surface area contributed by atoms with Crippen LogP contribution < -0.4 is 26.1 Å². The highest BCUT2D eigenvalue weighted by atomic mass is 79.9. The van der Waals surface area contributed by atoms with E-state index in [0.717, 1.165) is 13.1 Å². The van der Waals surface area contributed by atoms with Crippen LogP contribution in [0, 0.1) is 13.8 Å². The Morgan fingerprint density at radius 3 is 1.43 bits per heavy atom. The van der Waals surface area contributed by atoms with Gasteiger partial charge in [0.25, 0.3) is 0 Å². The van der Waals surface area contributed by atoms with E-state index in [1.54, 1.807) is 0 Å². The van der Waals surface area contributed by atoms with E-state index >= 15 is 0 Å². The second-order valence-corrected chi connectivity index (χ2v) is 6.36. The first kappa shape index (κ1) is 19.8. The maximum Gasteiger partial charge on any atom is 0.171 e. The van der Waals surface area contributed by atoms with Crippen molar-refractivity contribution in [2.75, 3.05) is 0 Å². The van der Waals surface area contributed by atoms with Gasteiger partial charge in [0, 0.05) is 36.1 Å². The molecule has 0 aliphatic heterocycles. The normalized spacial score (nSPS) is 10.3. The molecule has 0 aromatic carbocycles. The summed E-state index contributed by atoms with van der Waals surface area (Å²) in [5.74, 6) is 0. The fourth-order valence-corrected chi connectivity index (χ4v) is 2.88. The van der Waals surface area contributed by atoms with Crippen LogP contribution in [0.15, 0.2) is 49.1 Å². The van der Waals surface area contributed by atoms with E-state index in [2.05, 4.69) is 72.0 Å². The summed E-state index contributed by atoms with van der Waals surface area (Å²) in [6.45, 7) is 6.62. The Kier molecular flexibility index (Phi) is 9.77. The number of halogens is 1. The van der Waals surface area contributed by atoms with Crippen LogP contribution in [0.2, 0.25) is 0 Å². The van der Waals surface area contributed by atoms with E-state index in [4.69, 9.17) is 0 Å². The molecule has 23 heavy (non-hydrogen) atoms. The largest absolute Gasteiger partial charge is 1.00 e. The van der Waals surface area contributed by atoms with Crippen molar-refractivity contribution in [3.63, 3.8) is 0 Å². The highest BCUT2D eigenvalue weighted by Crippen LogP contribution is 2.05. The van der Waals surface area contributed by atoms with Crippen LogP contribution in [0.3, 0.4) is 0 Å². The Balaban J connectivity index is 0.00000264. The van der Waals surface area contributed by atoms with Crippen molar-refractivity contribution in [2.45, 2.75) is 65.5 Å². The Labute approximate surface area is 152 Å². The summed E-state index contributed by atoms with van der Waals surface area (Å²) in [6, 6.07) is 8.59. The zero-order valence-corrected chi connectivity index (χ0v) is 16.1. The van der Waals surface area contributed by atoms with Gasteiger partial charge in [0.2, 0.25) is 0 Å². The maximum absolute atomic E-state index is 2.31. The minimum Gasteiger partial charge on any atom is -1.00 e. The summed E-state index contributed by atoms with van der Waals surface area (Å²) in [6.07, 6.45) is 16.8. The number of pyridine rings is 2. The smallest absolute Gasteiger partial charge is 0.171 e. The van der Waals surface area contributed by atoms with Gasteiger partial charge in [-0.05, 0) is 38.8 Å². The highest BCUT2D eigenvalue weighted by Gasteiger charge is 2.01. The SMILES string of the molecule is Cc1ccc[n+](CCCCCCCC[n+]2cccc(C)c2)c1.[Br-].